The fourth-order valence-electron chi connectivity index (χ4n) is 3.90. The molecule has 0 aromatic rings. The first-order valence-electron chi connectivity index (χ1n) is 7.39. The van der Waals surface area contributed by atoms with Gasteiger partial charge in [-0.25, -0.2) is 0 Å². The van der Waals surface area contributed by atoms with Gasteiger partial charge in [0.1, 0.15) is 0 Å². The Morgan fingerprint density at radius 2 is 1.95 bits per heavy atom. The Balaban J connectivity index is 1.78. The molecule has 2 fully saturated rings. The summed E-state index contributed by atoms with van der Waals surface area (Å²) < 4.78 is 5.56. The molecule has 5 atom stereocenters. The number of carbonyl (C=O) groups excluding carboxylic acids is 1. The highest BCUT2D eigenvalue weighted by Gasteiger charge is 2.52. The Labute approximate surface area is 118 Å². The van der Waals surface area contributed by atoms with E-state index in [0.29, 0.717) is 19.7 Å². The first-order valence-corrected chi connectivity index (χ1v) is 7.39. The highest BCUT2D eigenvalue weighted by Crippen LogP contribution is 2.48. The van der Waals surface area contributed by atoms with Crippen molar-refractivity contribution in [2.24, 2.45) is 23.7 Å². The summed E-state index contributed by atoms with van der Waals surface area (Å²) in [5.74, 6) is -1.61. The molecule has 5 nitrogen and oxygen atoms in total. The van der Waals surface area contributed by atoms with Crippen LogP contribution >= 0.6 is 0 Å². The van der Waals surface area contributed by atoms with Crippen LogP contribution in [-0.4, -0.2) is 47.7 Å². The van der Waals surface area contributed by atoms with E-state index in [4.69, 9.17) is 4.74 Å². The van der Waals surface area contributed by atoms with E-state index in [-0.39, 0.29) is 29.8 Å². The molecule has 1 N–H and O–H groups in total. The third-order valence-electron chi connectivity index (χ3n) is 4.79. The molecule has 0 spiro atoms. The molecule has 3 unspecified atom stereocenters. The highest BCUT2D eigenvalue weighted by molar-refractivity contribution is 5.87. The van der Waals surface area contributed by atoms with Gasteiger partial charge in [0.25, 0.3) is 0 Å². The van der Waals surface area contributed by atoms with Gasteiger partial charge in [0.2, 0.25) is 5.91 Å². The van der Waals surface area contributed by atoms with Crippen LogP contribution in [0.2, 0.25) is 0 Å². The first kappa shape index (κ1) is 13.6. The van der Waals surface area contributed by atoms with E-state index in [0.717, 1.165) is 12.8 Å². The molecule has 1 saturated carbocycles. The number of amides is 1. The largest absolute Gasteiger partial charge is 0.481 e. The summed E-state index contributed by atoms with van der Waals surface area (Å²) in [6.07, 6.45) is 5.67. The van der Waals surface area contributed by atoms with Crippen LogP contribution in [0.1, 0.15) is 19.8 Å². The Morgan fingerprint density at radius 1 is 1.25 bits per heavy atom. The van der Waals surface area contributed by atoms with E-state index < -0.39 is 11.9 Å². The number of hydrogen-bond acceptors (Lipinski definition) is 3. The minimum atomic E-state index is -0.834. The van der Waals surface area contributed by atoms with Crippen molar-refractivity contribution < 1.29 is 19.4 Å². The van der Waals surface area contributed by atoms with Crippen molar-refractivity contribution >= 4 is 11.9 Å². The van der Waals surface area contributed by atoms with Crippen molar-refractivity contribution in [3.8, 4) is 0 Å². The molecule has 1 aliphatic heterocycles. The zero-order chi connectivity index (χ0) is 14.3. The van der Waals surface area contributed by atoms with Gasteiger partial charge < -0.3 is 14.7 Å². The number of carbonyl (C=O) groups is 2. The van der Waals surface area contributed by atoms with E-state index in [2.05, 4.69) is 0 Å². The topological polar surface area (TPSA) is 66.8 Å². The van der Waals surface area contributed by atoms with Gasteiger partial charge in [-0.3, -0.25) is 9.59 Å². The number of ether oxygens (including phenoxy) is 1. The molecular formula is C15H21NO4. The van der Waals surface area contributed by atoms with E-state index in [1.807, 2.05) is 24.0 Å². The van der Waals surface area contributed by atoms with Crippen LogP contribution in [-0.2, 0) is 14.3 Å². The average Bonchev–Trinajstić information content (AvgIpc) is 2.95. The van der Waals surface area contributed by atoms with Gasteiger partial charge in [-0.2, -0.15) is 0 Å². The van der Waals surface area contributed by atoms with E-state index >= 15 is 0 Å². The van der Waals surface area contributed by atoms with Gasteiger partial charge in [0.05, 0.1) is 17.9 Å². The van der Waals surface area contributed by atoms with E-state index in [1.54, 1.807) is 0 Å². The molecule has 0 aromatic heterocycles. The Kier molecular flexibility index (Phi) is 3.54. The standard InChI is InChI=1S/C15H21NO4/c1-9-8-16(5-2-6-20-9)14(17)12-10-3-4-11(7-10)13(12)15(18)19/h3-4,9-13H,2,5-8H2,1H3,(H,18,19)/t9?,10?,11?,12-,13+/m0/s1. The second-order valence-corrected chi connectivity index (χ2v) is 6.16. The number of nitrogens with zero attached hydrogens (tertiary/aromatic N) is 1. The molecule has 5 heteroatoms. The lowest BCUT2D eigenvalue weighted by Crippen LogP contribution is -2.45. The van der Waals surface area contributed by atoms with Gasteiger partial charge in [-0.15, -0.1) is 0 Å². The normalized spacial score (nSPS) is 39.9. The SMILES string of the molecule is CC1CN(C(=O)[C@H]2C3C=CC(C3)[C@H]2C(=O)O)CCCO1. The van der Waals surface area contributed by atoms with Gasteiger partial charge >= 0.3 is 5.97 Å². The molecule has 20 heavy (non-hydrogen) atoms. The van der Waals surface area contributed by atoms with Crippen molar-refractivity contribution in [1.29, 1.82) is 0 Å². The third kappa shape index (κ3) is 2.24. The summed E-state index contributed by atoms with van der Waals surface area (Å²) in [5.41, 5.74) is 0. The molecule has 2 bridgehead atoms. The summed E-state index contributed by atoms with van der Waals surface area (Å²) in [6, 6.07) is 0. The molecule has 3 rings (SSSR count). The highest BCUT2D eigenvalue weighted by atomic mass is 16.5. The quantitative estimate of drug-likeness (QED) is 0.770. The van der Waals surface area contributed by atoms with Crippen LogP contribution < -0.4 is 0 Å². The minimum Gasteiger partial charge on any atom is -0.481 e. The Bertz CT molecular complexity index is 447. The second kappa shape index (κ2) is 5.20. The van der Waals surface area contributed by atoms with Crippen LogP contribution in [0.25, 0.3) is 0 Å². The number of allylic oxidation sites excluding steroid dienone is 2. The summed E-state index contributed by atoms with van der Waals surface area (Å²) >= 11 is 0. The molecule has 0 aromatic carbocycles. The van der Waals surface area contributed by atoms with Crippen LogP contribution in [0.5, 0.6) is 0 Å². The molecule has 1 heterocycles. The predicted octanol–water partition coefficient (Wildman–Crippen LogP) is 1.15. The van der Waals surface area contributed by atoms with Crippen LogP contribution in [0.3, 0.4) is 0 Å². The Morgan fingerprint density at radius 3 is 2.65 bits per heavy atom. The zero-order valence-electron chi connectivity index (χ0n) is 11.7. The lowest BCUT2D eigenvalue weighted by Gasteiger charge is -2.30. The molecule has 1 saturated heterocycles. The monoisotopic (exact) mass is 279 g/mol. The maximum atomic E-state index is 12.8. The van der Waals surface area contributed by atoms with Crippen LogP contribution in [0.15, 0.2) is 12.2 Å². The van der Waals surface area contributed by atoms with Crippen molar-refractivity contribution in [1.82, 2.24) is 4.90 Å². The van der Waals surface area contributed by atoms with Crippen LogP contribution in [0, 0.1) is 23.7 Å². The van der Waals surface area contributed by atoms with Crippen molar-refractivity contribution in [3.05, 3.63) is 12.2 Å². The van der Waals surface area contributed by atoms with E-state index in [1.165, 1.54) is 0 Å². The molecule has 1 amide bonds. The molecule has 3 aliphatic rings. The van der Waals surface area contributed by atoms with Crippen molar-refractivity contribution in [3.63, 3.8) is 0 Å². The number of carboxylic acids is 1. The van der Waals surface area contributed by atoms with Gasteiger partial charge in [-0.05, 0) is 31.6 Å². The fourth-order valence-corrected chi connectivity index (χ4v) is 3.90. The van der Waals surface area contributed by atoms with E-state index in [9.17, 15) is 14.7 Å². The summed E-state index contributed by atoms with van der Waals surface area (Å²) in [6.45, 7) is 3.88. The maximum Gasteiger partial charge on any atom is 0.307 e. The maximum absolute atomic E-state index is 12.8. The second-order valence-electron chi connectivity index (χ2n) is 6.16. The summed E-state index contributed by atoms with van der Waals surface area (Å²) in [7, 11) is 0. The molecule has 0 radical (unpaired) electrons. The minimum absolute atomic E-state index is 0.00611. The number of carboxylic acid groups (broad SMARTS) is 1. The lowest BCUT2D eigenvalue weighted by molar-refractivity contribution is -0.151. The third-order valence-corrected chi connectivity index (χ3v) is 4.79. The molecule has 110 valence electrons. The van der Waals surface area contributed by atoms with Gasteiger partial charge in [0.15, 0.2) is 0 Å². The van der Waals surface area contributed by atoms with Crippen molar-refractivity contribution in [2.45, 2.75) is 25.9 Å². The van der Waals surface area contributed by atoms with Gasteiger partial charge in [0, 0.05) is 19.7 Å². The molecular weight excluding hydrogens is 258 g/mol. The summed E-state index contributed by atoms with van der Waals surface area (Å²) in [4.78, 5) is 26.1. The number of fused-ring (bicyclic) bond motifs is 2. The zero-order valence-corrected chi connectivity index (χ0v) is 11.7. The van der Waals surface area contributed by atoms with Gasteiger partial charge in [-0.1, -0.05) is 12.2 Å². The average molecular weight is 279 g/mol. The fraction of sp³-hybridized carbons (Fsp3) is 0.733. The predicted molar refractivity (Wildman–Crippen MR) is 72.0 cm³/mol. The number of rotatable bonds is 2. The lowest BCUT2D eigenvalue weighted by atomic mass is 9.82. The molecule has 2 aliphatic carbocycles. The Hall–Kier alpha value is -1.36. The number of aliphatic carboxylic acids is 1. The van der Waals surface area contributed by atoms with Crippen LogP contribution in [0.4, 0.5) is 0 Å². The summed E-state index contributed by atoms with van der Waals surface area (Å²) in [5, 5.41) is 9.43. The smallest absolute Gasteiger partial charge is 0.307 e. The van der Waals surface area contributed by atoms with Crippen molar-refractivity contribution in [2.75, 3.05) is 19.7 Å². The first-order chi connectivity index (χ1) is 9.58. The number of hydrogen-bond donors (Lipinski definition) is 1.